The van der Waals surface area contributed by atoms with Gasteiger partial charge in [0.05, 0.1) is 0 Å². The summed E-state index contributed by atoms with van der Waals surface area (Å²) in [5.41, 5.74) is 0. The predicted octanol–water partition coefficient (Wildman–Crippen LogP) is 1.44. The van der Waals surface area contributed by atoms with Gasteiger partial charge in [-0.05, 0) is 6.26 Å². The zero-order chi connectivity index (χ0) is 8.97. The summed E-state index contributed by atoms with van der Waals surface area (Å²) in [5, 5.41) is 0. The molecule has 0 aromatic carbocycles. The van der Waals surface area contributed by atoms with Crippen molar-refractivity contribution in [2.24, 2.45) is 4.99 Å². The second-order valence-corrected chi connectivity index (χ2v) is 4.38. The van der Waals surface area contributed by atoms with Gasteiger partial charge in [-0.2, -0.15) is 0 Å². The van der Waals surface area contributed by atoms with Gasteiger partial charge in [-0.25, -0.2) is 0 Å². The SMILES string of the molecule is COC(OC)C1CSC(SC)=N1. The van der Waals surface area contributed by atoms with Crippen molar-refractivity contribution >= 4 is 27.9 Å². The molecule has 0 aromatic rings. The van der Waals surface area contributed by atoms with Crippen molar-refractivity contribution in [3.05, 3.63) is 0 Å². The molecule has 70 valence electrons. The fourth-order valence-corrected chi connectivity index (χ4v) is 2.70. The standard InChI is InChI=1S/C7H13NO2S2/c1-9-6(10-2)5-4-12-7(8-5)11-3/h5-6H,4H2,1-3H3. The molecular formula is C7H13NO2S2. The molecule has 0 N–H and O–H groups in total. The van der Waals surface area contributed by atoms with E-state index in [0.29, 0.717) is 0 Å². The molecule has 1 aliphatic rings. The van der Waals surface area contributed by atoms with E-state index in [2.05, 4.69) is 4.99 Å². The minimum Gasteiger partial charge on any atom is -0.354 e. The molecule has 0 bridgehead atoms. The monoisotopic (exact) mass is 207 g/mol. The van der Waals surface area contributed by atoms with Crippen LogP contribution in [0.5, 0.6) is 0 Å². The smallest absolute Gasteiger partial charge is 0.179 e. The van der Waals surface area contributed by atoms with Gasteiger partial charge in [0, 0.05) is 20.0 Å². The van der Waals surface area contributed by atoms with Crippen LogP contribution in [0.1, 0.15) is 0 Å². The van der Waals surface area contributed by atoms with Crippen LogP contribution in [0.4, 0.5) is 0 Å². The zero-order valence-electron chi connectivity index (χ0n) is 7.44. The van der Waals surface area contributed by atoms with Crippen molar-refractivity contribution in [1.82, 2.24) is 0 Å². The topological polar surface area (TPSA) is 30.8 Å². The quantitative estimate of drug-likeness (QED) is 0.655. The lowest BCUT2D eigenvalue weighted by atomic mass is 10.3. The van der Waals surface area contributed by atoms with E-state index >= 15 is 0 Å². The minimum absolute atomic E-state index is 0.160. The average molecular weight is 207 g/mol. The van der Waals surface area contributed by atoms with Crippen molar-refractivity contribution < 1.29 is 9.47 Å². The number of ether oxygens (including phenoxy) is 2. The molecule has 0 aliphatic carbocycles. The molecule has 0 saturated heterocycles. The van der Waals surface area contributed by atoms with Crippen molar-refractivity contribution in [2.45, 2.75) is 12.3 Å². The van der Waals surface area contributed by atoms with Crippen LogP contribution in [-0.2, 0) is 9.47 Å². The molecule has 0 aromatic heterocycles. The number of hydrogen-bond acceptors (Lipinski definition) is 5. The van der Waals surface area contributed by atoms with E-state index in [9.17, 15) is 0 Å². The number of aliphatic imine (C=N–C) groups is 1. The Hall–Kier alpha value is 0.290. The molecule has 12 heavy (non-hydrogen) atoms. The first-order valence-corrected chi connectivity index (χ1v) is 5.83. The van der Waals surface area contributed by atoms with Crippen molar-refractivity contribution in [2.75, 3.05) is 26.2 Å². The lowest BCUT2D eigenvalue weighted by Crippen LogP contribution is -2.28. The van der Waals surface area contributed by atoms with Gasteiger partial charge in [0.25, 0.3) is 0 Å². The Kier molecular flexibility index (Phi) is 4.42. The van der Waals surface area contributed by atoms with Gasteiger partial charge < -0.3 is 9.47 Å². The van der Waals surface area contributed by atoms with Gasteiger partial charge in [-0.3, -0.25) is 4.99 Å². The number of thioether (sulfide) groups is 2. The first-order valence-electron chi connectivity index (χ1n) is 3.62. The number of nitrogens with zero attached hydrogens (tertiary/aromatic N) is 1. The summed E-state index contributed by atoms with van der Waals surface area (Å²) >= 11 is 3.44. The van der Waals surface area contributed by atoms with E-state index in [0.717, 1.165) is 10.1 Å². The zero-order valence-corrected chi connectivity index (χ0v) is 9.08. The fourth-order valence-electron chi connectivity index (χ4n) is 1.03. The van der Waals surface area contributed by atoms with Crippen LogP contribution >= 0.6 is 23.5 Å². The molecular weight excluding hydrogens is 194 g/mol. The molecule has 1 heterocycles. The van der Waals surface area contributed by atoms with Gasteiger partial charge >= 0.3 is 0 Å². The molecule has 5 heteroatoms. The van der Waals surface area contributed by atoms with Crippen molar-refractivity contribution in [1.29, 1.82) is 0 Å². The Balaban J connectivity index is 2.48. The number of hydrogen-bond donors (Lipinski definition) is 0. The Morgan fingerprint density at radius 3 is 2.67 bits per heavy atom. The molecule has 1 unspecified atom stereocenters. The fraction of sp³-hybridized carbons (Fsp3) is 0.857. The highest BCUT2D eigenvalue weighted by atomic mass is 32.2. The second kappa shape index (κ2) is 5.11. The predicted molar refractivity (Wildman–Crippen MR) is 55.0 cm³/mol. The first kappa shape index (κ1) is 10.4. The van der Waals surface area contributed by atoms with Crippen LogP contribution in [0.2, 0.25) is 0 Å². The highest BCUT2D eigenvalue weighted by molar-refractivity contribution is 8.38. The van der Waals surface area contributed by atoms with E-state index in [1.165, 1.54) is 0 Å². The molecule has 0 fully saturated rings. The summed E-state index contributed by atoms with van der Waals surface area (Å²) < 4.78 is 11.4. The van der Waals surface area contributed by atoms with E-state index in [1.807, 2.05) is 6.26 Å². The molecule has 0 radical (unpaired) electrons. The van der Waals surface area contributed by atoms with E-state index in [-0.39, 0.29) is 12.3 Å². The van der Waals surface area contributed by atoms with E-state index < -0.39 is 0 Å². The largest absolute Gasteiger partial charge is 0.354 e. The maximum atomic E-state index is 5.12. The van der Waals surface area contributed by atoms with Crippen LogP contribution in [-0.4, -0.2) is 42.9 Å². The van der Waals surface area contributed by atoms with Crippen LogP contribution < -0.4 is 0 Å². The van der Waals surface area contributed by atoms with Gasteiger partial charge in [0.15, 0.2) is 6.29 Å². The third kappa shape index (κ3) is 2.39. The molecule has 1 aliphatic heterocycles. The van der Waals surface area contributed by atoms with Gasteiger partial charge in [-0.1, -0.05) is 11.8 Å². The summed E-state index contributed by atoms with van der Waals surface area (Å²) in [5.74, 6) is 0.961. The van der Waals surface area contributed by atoms with Crippen LogP contribution in [0.3, 0.4) is 0 Å². The molecule has 1 atom stereocenters. The second-order valence-electron chi connectivity index (χ2n) is 2.32. The molecule has 0 amide bonds. The summed E-state index contributed by atoms with van der Waals surface area (Å²) in [7, 11) is 3.29. The van der Waals surface area contributed by atoms with Crippen LogP contribution in [0.25, 0.3) is 0 Å². The molecule has 1 rings (SSSR count). The molecule has 0 spiro atoms. The Labute approximate surface area is 81.3 Å². The summed E-state index contributed by atoms with van der Waals surface area (Å²) in [6.45, 7) is 0. The van der Waals surface area contributed by atoms with Crippen molar-refractivity contribution in [3.8, 4) is 0 Å². The van der Waals surface area contributed by atoms with E-state index in [1.54, 1.807) is 37.7 Å². The Morgan fingerprint density at radius 1 is 1.58 bits per heavy atom. The number of methoxy groups -OCH3 is 2. The van der Waals surface area contributed by atoms with E-state index in [4.69, 9.17) is 9.47 Å². The van der Waals surface area contributed by atoms with Crippen molar-refractivity contribution in [3.63, 3.8) is 0 Å². The Bertz CT molecular complexity index is 171. The third-order valence-corrected chi connectivity index (χ3v) is 3.77. The highest BCUT2D eigenvalue weighted by Crippen LogP contribution is 2.26. The average Bonchev–Trinajstić information content (AvgIpc) is 2.55. The Morgan fingerprint density at radius 2 is 2.25 bits per heavy atom. The molecule has 0 saturated carbocycles. The highest BCUT2D eigenvalue weighted by Gasteiger charge is 2.26. The number of rotatable bonds is 3. The molecule has 3 nitrogen and oxygen atoms in total. The minimum atomic E-state index is -0.192. The van der Waals surface area contributed by atoms with Crippen LogP contribution in [0, 0.1) is 0 Å². The van der Waals surface area contributed by atoms with Gasteiger partial charge in [0.2, 0.25) is 0 Å². The summed E-state index contributed by atoms with van der Waals surface area (Å²) in [6.07, 6.45) is 1.84. The lowest BCUT2D eigenvalue weighted by molar-refractivity contribution is -0.111. The summed E-state index contributed by atoms with van der Waals surface area (Å²) in [4.78, 5) is 4.44. The first-order chi connectivity index (χ1) is 5.81. The normalized spacial score (nSPS) is 23.3. The van der Waals surface area contributed by atoms with Gasteiger partial charge in [-0.15, -0.1) is 11.8 Å². The van der Waals surface area contributed by atoms with Crippen LogP contribution in [0.15, 0.2) is 4.99 Å². The maximum absolute atomic E-state index is 5.12. The van der Waals surface area contributed by atoms with Gasteiger partial charge in [0.1, 0.15) is 10.4 Å². The maximum Gasteiger partial charge on any atom is 0.179 e. The summed E-state index contributed by atoms with van der Waals surface area (Å²) in [6, 6.07) is 0.160. The lowest BCUT2D eigenvalue weighted by Gasteiger charge is -2.16. The third-order valence-electron chi connectivity index (χ3n) is 1.60.